The highest BCUT2D eigenvalue weighted by Crippen LogP contribution is 2.02. The lowest BCUT2D eigenvalue weighted by Crippen LogP contribution is -2.35. The topological polar surface area (TPSA) is 50.8 Å². The van der Waals surface area contributed by atoms with E-state index >= 15 is 0 Å². The molecule has 0 fully saturated rings. The summed E-state index contributed by atoms with van der Waals surface area (Å²) in [5.41, 5.74) is 0. The van der Waals surface area contributed by atoms with Crippen molar-refractivity contribution >= 4 is 5.91 Å². The van der Waals surface area contributed by atoms with Crippen LogP contribution in [0.2, 0.25) is 0 Å². The molecule has 0 aromatic rings. The fraction of sp³-hybridized carbons (Fsp3) is 0.909. The van der Waals surface area contributed by atoms with Crippen molar-refractivity contribution in [2.45, 2.75) is 26.6 Å². The Hall–Kier alpha value is -0.650. The zero-order valence-electron chi connectivity index (χ0n) is 10.8. The van der Waals surface area contributed by atoms with Gasteiger partial charge in [0.1, 0.15) is 0 Å². The second-order valence-electron chi connectivity index (χ2n) is 3.54. The van der Waals surface area contributed by atoms with Crippen LogP contribution in [0.4, 0.5) is 0 Å². The molecule has 0 saturated carbocycles. The molecular formula is C11H24N2O3. The summed E-state index contributed by atoms with van der Waals surface area (Å²) in [4.78, 5) is 13.1. The maximum atomic E-state index is 11.1. The summed E-state index contributed by atoms with van der Waals surface area (Å²) >= 11 is 0. The van der Waals surface area contributed by atoms with Crippen molar-refractivity contribution in [3.8, 4) is 0 Å². The second-order valence-corrected chi connectivity index (χ2v) is 3.54. The SMILES string of the molecule is CCOC(CCN(C)CC(=O)NC)OCC. The highest BCUT2D eigenvalue weighted by Gasteiger charge is 2.10. The third-order valence-corrected chi connectivity index (χ3v) is 2.14. The average Bonchev–Trinajstić information content (AvgIpc) is 2.26. The minimum atomic E-state index is -0.165. The van der Waals surface area contributed by atoms with Crippen molar-refractivity contribution in [2.24, 2.45) is 0 Å². The zero-order valence-corrected chi connectivity index (χ0v) is 10.8. The Balaban J connectivity index is 3.76. The lowest BCUT2D eigenvalue weighted by Gasteiger charge is -2.21. The first-order valence-corrected chi connectivity index (χ1v) is 5.76. The highest BCUT2D eigenvalue weighted by atomic mass is 16.7. The van der Waals surface area contributed by atoms with Gasteiger partial charge in [-0.25, -0.2) is 0 Å². The number of ether oxygens (including phenoxy) is 2. The minimum Gasteiger partial charge on any atom is -0.358 e. The smallest absolute Gasteiger partial charge is 0.233 e. The van der Waals surface area contributed by atoms with Gasteiger partial charge in [-0.05, 0) is 20.9 Å². The molecule has 0 aliphatic carbocycles. The van der Waals surface area contributed by atoms with E-state index in [1.807, 2.05) is 25.8 Å². The highest BCUT2D eigenvalue weighted by molar-refractivity contribution is 5.77. The van der Waals surface area contributed by atoms with Crippen LogP contribution < -0.4 is 5.32 Å². The summed E-state index contributed by atoms with van der Waals surface area (Å²) in [5, 5.41) is 2.59. The van der Waals surface area contributed by atoms with Gasteiger partial charge in [-0.15, -0.1) is 0 Å². The van der Waals surface area contributed by atoms with Gasteiger partial charge in [0.2, 0.25) is 5.91 Å². The van der Waals surface area contributed by atoms with Crippen molar-refractivity contribution in [2.75, 3.05) is 40.4 Å². The van der Waals surface area contributed by atoms with Gasteiger partial charge in [0.25, 0.3) is 0 Å². The van der Waals surface area contributed by atoms with Crippen LogP contribution in [0.5, 0.6) is 0 Å². The van der Waals surface area contributed by atoms with Gasteiger partial charge in [0, 0.05) is 33.2 Å². The molecule has 0 unspecified atom stereocenters. The van der Waals surface area contributed by atoms with Gasteiger partial charge in [0.15, 0.2) is 6.29 Å². The van der Waals surface area contributed by atoms with E-state index in [1.54, 1.807) is 7.05 Å². The molecule has 0 aromatic heterocycles. The molecule has 0 aliphatic heterocycles. The van der Waals surface area contributed by atoms with Crippen molar-refractivity contribution in [3.63, 3.8) is 0 Å². The minimum absolute atomic E-state index is 0.0202. The number of carbonyl (C=O) groups is 1. The number of likely N-dealkylation sites (N-methyl/N-ethyl adjacent to an activating group) is 2. The summed E-state index contributed by atoms with van der Waals surface area (Å²) < 4.78 is 10.8. The van der Waals surface area contributed by atoms with Crippen molar-refractivity contribution in [1.29, 1.82) is 0 Å². The molecule has 0 radical (unpaired) electrons. The van der Waals surface area contributed by atoms with Crippen LogP contribution in [-0.4, -0.2) is 57.5 Å². The van der Waals surface area contributed by atoms with Crippen LogP contribution in [-0.2, 0) is 14.3 Å². The number of hydrogen-bond donors (Lipinski definition) is 1. The Morgan fingerprint density at radius 3 is 2.31 bits per heavy atom. The van der Waals surface area contributed by atoms with Crippen LogP contribution in [0.25, 0.3) is 0 Å². The lowest BCUT2D eigenvalue weighted by molar-refractivity contribution is -0.142. The Morgan fingerprint density at radius 2 is 1.88 bits per heavy atom. The fourth-order valence-corrected chi connectivity index (χ4v) is 1.32. The summed E-state index contributed by atoms with van der Waals surface area (Å²) in [7, 11) is 3.55. The van der Waals surface area contributed by atoms with Gasteiger partial charge in [-0.1, -0.05) is 0 Å². The predicted molar refractivity (Wildman–Crippen MR) is 63.2 cm³/mol. The van der Waals surface area contributed by atoms with Crippen molar-refractivity contribution in [1.82, 2.24) is 10.2 Å². The third kappa shape index (κ3) is 7.62. The van der Waals surface area contributed by atoms with Gasteiger partial charge in [-0.2, -0.15) is 0 Å². The predicted octanol–water partition coefficient (Wildman–Crippen LogP) is 0.453. The van der Waals surface area contributed by atoms with Crippen LogP contribution >= 0.6 is 0 Å². The maximum Gasteiger partial charge on any atom is 0.233 e. The number of amides is 1. The first-order valence-electron chi connectivity index (χ1n) is 5.76. The molecular weight excluding hydrogens is 208 g/mol. The Labute approximate surface area is 98.1 Å². The zero-order chi connectivity index (χ0) is 12.4. The monoisotopic (exact) mass is 232 g/mol. The molecule has 0 heterocycles. The standard InChI is InChI=1S/C11H24N2O3/c1-5-15-11(16-6-2)7-8-13(4)9-10(14)12-3/h11H,5-9H2,1-4H3,(H,12,14). The first kappa shape index (κ1) is 15.3. The van der Waals surface area contributed by atoms with E-state index in [2.05, 4.69) is 5.32 Å². The Kier molecular flexibility index (Phi) is 9.18. The molecule has 5 nitrogen and oxygen atoms in total. The number of rotatable bonds is 9. The van der Waals surface area contributed by atoms with E-state index in [4.69, 9.17) is 9.47 Å². The molecule has 0 bridgehead atoms. The van der Waals surface area contributed by atoms with Gasteiger partial charge in [-0.3, -0.25) is 9.69 Å². The third-order valence-electron chi connectivity index (χ3n) is 2.14. The van der Waals surface area contributed by atoms with Crippen molar-refractivity contribution in [3.05, 3.63) is 0 Å². The van der Waals surface area contributed by atoms with Gasteiger partial charge >= 0.3 is 0 Å². The molecule has 96 valence electrons. The first-order chi connectivity index (χ1) is 7.63. The second kappa shape index (κ2) is 9.57. The number of nitrogens with zero attached hydrogens (tertiary/aromatic N) is 1. The average molecular weight is 232 g/mol. The Morgan fingerprint density at radius 1 is 1.31 bits per heavy atom. The quantitative estimate of drug-likeness (QED) is 0.587. The summed E-state index contributed by atoms with van der Waals surface area (Å²) in [6, 6.07) is 0. The van der Waals surface area contributed by atoms with E-state index in [-0.39, 0.29) is 12.2 Å². The van der Waals surface area contributed by atoms with Crippen LogP contribution in [0.1, 0.15) is 20.3 Å². The van der Waals surface area contributed by atoms with E-state index in [9.17, 15) is 4.79 Å². The lowest BCUT2D eigenvalue weighted by atomic mass is 10.3. The maximum absolute atomic E-state index is 11.1. The summed E-state index contributed by atoms with van der Waals surface area (Å²) in [6.07, 6.45) is 0.608. The van der Waals surface area contributed by atoms with E-state index in [1.165, 1.54) is 0 Å². The van der Waals surface area contributed by atoms with E-state index < -0.39 is 0 Å². The van der Waals surface area contributed by atoms with E-state index in [0.29, 0.717) is 19.8 Å². The molecule has 1 N–H and O–H groups in total. The molecule has 0 saturated heterocycles. The molecule has 1 amide bonds. The van der Waals surface area contributed by atoms with Crippen LogP contribution in [0.15, 0.2) is 0 Å². The normalized spacial score (nSPS) is 11.1. The fourth-order valence-electron chi connectivity index (χ4n) is 1.32. The number of hydrogen-bond acceptors (Lipinski definition) is 4. The molecule has 0 aliphatic rings. The molecule has 0 atom stereocenters. The molecule has 0 spiro atoms. The number of carbonyl (C=O) groups excluding carboxylic acids is 1. The number of nitrogens with one attached hydrogen (secondary N) is 1. The largest absolute Gasteiger partial charge is 0.358 e. The summed E-state index contributed by atoms with van der Waals surface area (Å²) in [6.45, 7) is 6.35. The molecule has 16 heavy (non-hydrogen) atoms. The van der Waals surface area contributed by atoms with Crippen LogP contribution in [0, 0.1) is 0 Å². The molecule has 0 rings (SSSR count). The van der Waals surface area contributed by atoms with Crippen molar-refractivity contribution < 1.29 is 14.3 Å². The van der Waals surface area contributed by atoms with Gasteiger partial charge < -0.3 is 14.8 Å². The Bertz CT molecular complexity index is 182. The summed E-state index contributed by atoms with van der Waals surface area (Å²) in [5.74, 6) is 0.0202. The van der Waals surface area contributed by atoms with Crippen LogP contribution in [0.3, 0.4) is 0 Å². The van der Waals surface area contributed by atoms with E-state index in [0.717, 1.165) is 13.0 Å². The molecule has 0 aromatic carbocycles. The molecule has 5 heteroatoms. The van der Waals surface area contributed by atoms with Gasteiger partial charge in [0.05, 0.1) is 6.54 Å².